The average Bonchev–Trinajstić information content (AvgIpc) is 2.82. The first kappa shape index (κ1) is 29.2. The summed E-state index contributed by atoms with van der Waals surface area (Å²) >= 11 is 0. The summed E-state index contributed by atoms with van der Waals surface area (Å²) in [6, 6.07) is 3.79. The van der Waals surface area contributed by atoms with Gasteiger partial charge in [0.2, 0.25) is 5.91 Å². The van der Waals surface area contributed by atoms with Crippen LogP contribution in [0.5, 0.6) is 0 Å². The molecule has 208 valence electrons. The molecule has 1 saturated heterocycles. The summed E-state index contributed by atoms with van der Waals surface area (Å²) < 4.78 is 93.4. The fraction of sp³-hybridized carbons (Fsp3) is 0.462. The Labute approximate surface area is 215 Å². The van der Waals surface area contributed by atoms with Gasteiger partial charge in [0, 0.05) is 32.6 Å². The highest BCUT2D eigenvalue weighted by molar-refractivity contribution is 5.76. The number of urea groups is 1. The van der Waals surface area contributed by atoms with Gasteiger partial charge in [0.1, 0.15) is 5.82 Å². The van der Waals surface area contributed by atoms with Gasteiger partial charge in [0.25, 0.3) is 0 Å². The summed E-state index contributed by atoms with van der Waals surface area (Å²) in [5.74, 6) is -0.649. The molecule has 38 heavy (non-hydrogen) atoms. The molecule has 0 aliphatic carbocycles. The second-order valence-electron chi connectivity index (χ2n) is 9.41. The van der Waals surface area contributed by atoms with E-state index in [2.05, 4.69) is 5.32 Å². The van der Waals surface area contributed by atoms with Crippen LogP contribution >= 0.6 is 0 Å². The minimum absolute atomic E-state index is 0.0357. The lowest BCUT2D eigenvalue weighted by atomic mass is 9.89. The first-order chi connectivity index (χ1) is 17.6. The third-order valence-corrected chi connectivity index (χ3v) is 6.52. The number of amides is 3. The van der Waals surface area contributed by atoms with E-state index in [9.17, 15) is 40.3 Å². The van der Waals surface area contributed by atoms with Crippen LogP contribution in [-0.2, 0) is 23.7 Å². The number of alkyl halides is 6. The number of hydrogen-bond acceptors (Lipinski definition) is 2. The molecule has 1 N–H and O–H groups in total. The van der Waals surface area contributed by atoms with Crippen LogP contribution in [0.3, 0.4) is 0 Å². The Bertz CT molecular complexity index is 1150. The first-order valence-electron chi connectivity index (χ1n) is 12.0. The minimum Gasteiger partial charge on any atom is -0.353 e. The van der Waals surface area contributed by atoms with Crippen LogP contribution in [0.1, 0.15) is 60.0 Å². The number of benzene rings is 2. The molecule has 2 aromatic carbocycles. The lowest BCUT2D eigenvalue weighted by Crippen LogP contribution is -2.51. The smallest absolute Gasteiger partial charge is 0.353 e. The number of halogens is 7. The van der Waals surface area contributed by atoms with Crippen molar-refractivity contribution in [3.05, 3.63) is 70.0 Å². The normalized spacial score (nSPS) is 18.3. The number of nitrogens with one attached hydrogen (secondary N) is 1. The van der Waals surface area contributed by atoms with Gasteiger partial charge in [-0.25, -0.2) is 9.18 Å². The summed E-state index contributed by atoms with van der Waals surface area (Å²) in [5, 5.41) is 2.89. The van der Waals surface area contributed by atoms with Gasteiger partial charge in [-0.1, -0.05) is 13.0 Å². The molecule has 3 amide bonds. The molecule has 0 saturated carbocycles. The zero-order valence-corrected chi connectivity index (χ0v) is 21.0. The highest BCUT2D eigenvalue weighted by Gasteiger charge is 2.38. The number of rotatable bonds is 5. The van der Waals surface area contributed by atoms with Gasteiger partial charge < -0.3 is 15.1 Å². The molecular formula is C26H28F7N3O2. The molecule has 1 fully saturated rings. The number of aryl methyl sites for hydroxylation is 1. The maximum atomic E-state index is 13.8. The van der Waals surface area contributed by atoms with E-state index in [4.69, 9.17) is 0 Å². The number of carbonyl (C=O) groups excluding carboxylic acids is 2. The predicted molar refractivity (Wildman–Crippen MR) is 125 cm³/mol. The van der Waals surface area contributed by atoms with E-state index < -0.39 is 47.9 Å². The molecule has 12 heteroatoms. The third-order valence-electron chi connectivity index (χ3n) is 6.52. The molecule has 2 atom stereocenters. The Morgan fingerprint density at radius 3 is 2.16 bits per heavy atom. The Kier molecular flexibility index (Phi) is 8.62. The highest BCUT2D eigenvalue weighted by Crippen LogP contribution is 2.37. The van der Waals surface area contributed by atoms with Gasteiger partial charge in [0.15, 0.2) is 0 Å². The zero-order chi connectivity index (χ0) is 28.4. The summed E-state index contributed by atoms with van der Waals surface area (Å²) in [6.07, 6.45) is -9.05. The van der Waals surface area contributed by atoms with Gasteiger partial charge >= 0.3 is 18.4 Å². The number of likely N-dealkylation sites (tertiary alicyclic amines) is 1. The summed E-state index contributed by atoms with van der Waals surface area (Å²) in [5.41, 5.74) is -2.07. The quantitative estimate of drug-likeness (QED) is 0.437. The van der Waals surface area contributed by atoms with E-state index in [0.717, 1.165) is 4.90 Å². The van der Waals surface area contributed by atoms with Crippen molar-refractivity contribution in [1.82, 2.24) is 15.1 Å². The van der Waals surface area contributed by atoms with Crippen molar-refractivity contribution in [2.75, 3.05) is 13.6 Å². The molecule has 0 bridgehead atoms. The van der Waals surface area contributed by atoms with Crippen molar-refractivity contribution in [2.45, 2.75) is 64.1 Å². The van der Waals surface area contributed by atoms with Gasteiger partial charge in [-0.2, -0.15) is 26.3 Å². The van der Waals surface area contributed by atoms with E-state index in [1.165, 1.54) is 30.1 Å². The van der Waals surface area contributed by atoms with Crippen LogP contribution in [0.2, 0.25) is 0 Å². The summed E-state index contributed by atoms with van der Waals surface area (Å²) in [6.45, 7) is 3.02. The van der Waals surface area contributed by atoms with Crippen molar-refractivity contribution in [3.63, 3.8) is 0 Å². The number of hydrogen-bond donors (Lipinski definition) is 1. The van der Waals surface area contributed by atoms with E-state index in [-0.39, 0.29) is 36.5 Å². The second-order valence-corrected chi connectivity index (χ2v) is 9.41. The maximum Gasteiger partial charge on any atom is 0.416 e. The Morgan fingerprint density at radius 2 is 1.63 bits per heavy atom. The molecule has 0 spiro atoms. The molecule has 0 unspecified atom stereocenters. The molecule has 0 aromatic heterocycles. The van der Waals surface area contributed by atoms with E-state index >= 15 is 0 Å². The number of piperidine rings is 1. The van der Waals surface area contributed by atoms with Crippen LogP contribution in [0, 0.1) is 12.7 Å². The Morgan fingerprint density at radius 1 is 1.03 bits per heavy atom. The first-order valence-corrected chi connectivity index (χ1v) is 12.0. The van der Waals surface area contributed by atoms with Crippen LogP contribution in [-0.4, -0.2) is 41.4 Å². The standard InChI is InChI=1S/C26H28F7N3O2/c1-4-23(37)34-20-7-8-36(22(13-20)21-6-5-19(27)9-15(21)2)24(38)35(3)14-16-10-17(25(28,29)30)12-18(11-16)26(31,32)33/h5-6,9-12,20,22H,4,7-8,13-14H2,1-3H3,(H,34,37)/t20-,22-/m0/s1. The molecule has 1 aliphatic rings. The van der Waals surface area contributed by atoms with Crippen molar-refractivity contribution < 1.29 is 40.3 Å². The molecule has 1 heterocycles. The summed E-state index contributed by atoms with van der Waals surface area (Å²) in [4.78, 5) is 27.9. The second kappa shape index (κ2) is 11.2. The van der Waals surface area contributed by atoms with Crippen LogP contribution < -0.4 is 5.32 Å². The van der Waals surface area contributed by atoms with Crippen LogP contribution in [0.25, 0.3) is 0 Å². The Balaban J connectivity index is 1.90. The largest absolute Gasteiger partial charge is 0.416 e. The van der Waals surface area contributed by atoms with Gasteiger partial charge in [-0.05, 0) is 66.8 Å². The Hall–Kier alpha value is -3.31. The molecule has 5 nitrogen and oxygen atoms in total. The van der Waals surface area contributed by atoms with Crippen LogP contribution in [0.4, 0.5) is 35.5 Å². The van der Waals surface area contributed by atoms with Crippen molar-refractivity contribution in [3.8, 4) is 0 Å². The SMILES string of the molecule is CCC(=O)N[C@H]1CCN(C(=O)N(C)Cc2cc(C(F)(F)F)cc(C(F)(F)F)c2)[C@H](c2ccc(F)cc2C)C1. The van der Waals surface area contributed by atoms with Gasteiger partial charge in [-0.15, -0.1) is 0 Å². The lowest BCUT2D eigenvalue weighted by molar-refractivity contribution is -0.143. The number of carbonyl (C=O) groups is 2. The van der Waals surface area contributed by atoms with E-state index in [1.807, 2.05) is 0 Å². The van der Waals surface area contributed by atoms with Crippen molar-refractivity contribution in [1.29, 1.82) is 0 Å². The third kappa shape index (κ3) is 6.96. The van der Waals surface area contributed by atoms with E-state index in [0.29, 0.717) is 36.1 Å². The van der Waals surface area contributed by atoms with Crippen molar-refractivity contribution in [2.24, 2.45) is 0 Å². The fourth-order valence-corrected chi connectivity index (χ4v) is 4.63. The molecule has 1 aliphatic heterocycles. The minimum atomic E-state index is -5.01. The summed E-state index contributed by atoms with van der Waals surface area (Å²) in [7, 11) is 1.29. The number of nitrogens with zero attached hydrogens (tertiary/aromatic N) is 2. The van der Waals surface area contributed by atoms with Gasteiger partial charge in [0.05, 0.1) is 17.2 Å². The van der Waals surface area contributed by atoms with E-state index in [1.54, 1.807) is 13.8 Å². The fourth-order valence-electron chi connectivity index (χ4n) is 4.63. The topological polar surface area (TPSA) is 52.7 Å². The molecule has 2 aromatic rings. The lowest BCUT2D eigenvalue weighted by Gasteiger charge is -2.42. The van der Waals surface area contributed by atoms with Crippen molar-refractivity contribution >= 4 is 11.9 Å². The maximum absolute atomic E-state index is 13.8. The van der Waals surface area contributed by atoms with Crippen LogP contribution in [0.15, 0.2) is 36.4 Å². The highest BCUT2D eigenvalue weighted by atomic mass is 19.4. The van der Waals surface area contributed by atoms with Gasteiger partial charge in [-0.3, -0.25) is 4.79 Å². The molecular weight excluding hydrogens is 519 g/mol. The molecule has 3 rings (SSSR count). The predicted octanol–water partition coefficient (Wildman–Crippen LogP) is 6.46. The zero-order valence-electron chi connectivity index (χ0n) is 21.0. The molecule has 0 radical (unpaired) electrons. The monoisotopic (exact) mass is 547 g/mol. The average molecular weight is 548 g/mol.